The van der Waals surface area contributed by atoms with Crippen molar-refractivity contribution in [3.8, 4) is 5.75 Å². The molecular formula is C13H20BrNO. The van der Waals surface area contributed by atoms with Crippen LogP contribution in [0.1, 0.15) is 32.8 Å². The van der Waals surface area contributed by atoms with Gasteiger partial charge in [-0.2, -0.15) is 0 Å². The van der Waals surface area contributed by atoms with E-state index in [2.05, 4.69) is 36.7 Å². The zero-order valence-corrected chi connectivity index (χ0v) is 12.0. The molecule has 3 heteroatoms. The van der Waals surface area contributed by atoms with Crippen LogP contribution in [0.4, 0.5) is 5.69 Å². The first-order valence-electron chi connectivity index (χ1n) is 5.62. The number of hydrogen-bond donors (Lipinski definition) is 1. The summed E-state index contributed by atoms with van der Waals surface area (Å²) in [5.74, 6) is 1.52. The number of ether oxygens (including phenoxy) is 1. The van der Waals surface area contributed by atoms with Gasteiger partial charge in [0.1, 0.15) is 5.75 Å². The summed E-state index contributed by atoms with van der Waals surface area (Å²) < 4.78 is 6.81. The zero-order valence-electron chi connectivity index (χ0n) is 10.4. The lowest BCUT2D eigenvalue weighted by molar-refractivity contribution is 0.192. The maximum Gasteiger partial charge on any atom is 0.134 e. The van der Waals surface area contributed by atoms with E-state index in [9.17, 15) is 0 Å². The second-order valence-electron chi connectivity index (χ2n) is 4.70. The molecule has 0 bridgehead atoms. The Kier molecular flexibility index (Phi) is 4.66. The zero-order chi connectivity index (χ0) is 12.3. The van der Waals surface area contributed by atoms with Gasteiger partial charge in [-0.3, -0.25) is 0 Å². The van der Waals surface area contributed by atoms with Crippen LogP contribution in [0.3, 0.4) is 0 Å². The molecule has 0 saturated carbocycles. The minimum Gasteiger partial charge on any atom is -0.490 e. The van der Waals surface area contributed by atoms with E-state index >= 15 is 0 Å². The van der Waals surface area contributed by atoms with E-state index in [1.54, 1.807) is 0 Å². The maximum absolute atomic E-state index is 5.89. The Hall–Kier alpha value is -0.700. The molecule has 2 N–H and O–H groups in total. The van der Waals surface area contributed by atoms with E-state index in [1.165, 1.54) is 0 Å². The molecular weight excluding hydrogens is 266 g/mol. The van der Waals surface area contributed by atoms with Gasteiger partial charge < -0.3 is 10.5 Å². The van der Waals surface area contributed by atoms with Crippen LogP contribution < -0.4 is 10.5 Å². The van der Waals surface area contributed by atoms with Crippen LogP contribution in [-0.4, -0.2) is 6.10 Å². The summed E-state index contributed by atoms with van der Waals surface area (Å²) in [7, 11) is 0. The molecule has 1 rings (SSSR count). The fourth-order valence-corrected chi connectivity index (χ4v) is 2.14. The second-order valence-corrected chi connectivity index (χ2v) is 5.55. The standard InChI is InChI=1S/C13H20BrNO/c1-8(2)5-10(4)16-13-6-9(3)12(15)7-11(13)14/h6-8,10H,5,15H2,1-4H3. The normalized spacial score (nSPS) is 12.9. The van der Waals surface area contributed by atoms with E-state index in [0.717, 1.165) is 27.9 Å². The van der Waals surface area contributed by atoms with Gasteiger partial charge in [0.05, 0.1) is 10.6 Å². The Morgan fingerprint density at radius 1 is 1.31 bits per heavy atom. The number of nitrogens with two attached hydrogens (primary N) is 1. The molecule has 2 nitrogen and oxygen atoms in total. The summed E-state index contributed by atoms with van der Waals surface area (Å²) in [6.45, 7) is 8.48. The van der Waals surface area contributed by atoms with Crippen molar-refractivity contribution in [3.63, 3.8) is 0 Å². The minimum absolute atomic E-state index is 0.222. The highest BCUT2D eigenvalue weighted by Crippen LogP contribution is 2.31. The van der Waals surface area contributed by atoms with E-state index < -0.39 is 0 Å². The molecule has 90 valence electrons. The lowest BCUT2D eigenvalue weighted by Crippen LogP contribution is -2.14. The topological polar surface area (TPSA) is 35.2 Å². The summed E-state index contributed by atoms with van der Waals surface area (Å²) >= 11 is 3.47. The van der Waals surface area contributed by atoms with Crippen LogP contribution in [-0.2, 0) is 0 Å². The number of hydrogen-bond acceptors (Lipinski definition) is 2. The van der Waals surface area contributed by atoms with E-state index in [4.69, 9.17) is 10.5 Å². The van der Waals surface area contributed by atoms with Crippen molar-refractivity contribution < 1.29 is 4.74 Å². The number of nitrogen functional groups attached to an aromatic ring is 1. The first kappa shape index (κ1) is 13.4. The van der Waals surface area contributed by atoms with Gasteiger partial charge in [0.2, 0.25) is 0 Å². The Morgan fingerprint density at radius 3 is 2.50 bits per heavy atom. The molecule has 0 heterocycles. The molecule has 0 aliphatic carbocycles. The third-order valence-corrected chi connectivity index (χ3v) is 3.07. The van der Waals surface area contributed by atoms with Crippen molar-refractivity contribution in [2.24, 2.45) is 5.92 Å². The Morgan fingerprint density at radius 2 is 1.94 bits per heavy atom. The van der Waals surface area contributed by atoms with Gasteiger partial charge in [-0.25, -0.2) is 0 Å². The lowest BCUT2D eigenvalue weighted by atomic mass is 10.1. The van der Waals surface area contributed by atoms with Crippen LogP contribution in [0.25, 0.3) is 0 Å². The molecule has 0 radical (unpaired) electrons. The highest BCUT2D eigenvalue weighted by Gasteiger charge is 2.10. The summed E-state index contributed by atoms with van der Waals surface area (Å²) in [4.78, 5) is 0. The highest BCUT2D eigenvalue weighted by molar-refractivity contribution is 9.10. The molecule has 0 aromatic heterocycles. The quantitative estimate of drug-likeness (QED) is 0.844. The van der Waals surface area contributed by atoms with Gasteiger partial charge >= 0.3 is 0 Å². The summed E-state index contributed by atoms with van der Waals surface area (Å²) in [5, 5.41) is 0. The van der Waals surface area contributed by atoms with Crippen LogP contribution in [0.5, 0.6) is 5.75 Å². The molecule has 0 aliphatic heterocycles. The van der Waals surface area contributed by atoms with E-state index in [1.807, 2.05) is 19.1 Å². The molecule has 0 saturated heterocycles. The van der Waals surface area contributed by atoms with Gasteiger partial charge in [-0.05, 0) is 59.8 Å². The average Bonchev–Trinajstić information content (AvgIpc) is 2.12. The predicted molar refractivity (Wildman–Crippen MR) is 72.8 cm³/mol. The smallest absolute Gasteiger partial charge is 0.134 e. The monoisotopic (exact) mass is 285 g/mol. The molecule has 0 spiro atoms. The Balaban J connectivity index is 2.77. The van der Waals surface area contributed by atoms with E-state index in [0.29, 0.717) is 5.92 Å². The largest absolute Gasteiger partial charge is 0.490 e. The maximum atomic E-state index is 5.89. The van der Waals surface area contributed by atoms with Gasteiger partial charge in [0.15, 0.2) is 0 Å². The summed E-state index contributed by atoms with van der Waals surface area (Å²) in [6.07, 6.45) is 1.27. The first-order chi connectivity index (χ1) is 7.40. The summed E-state index contributed by atoms with van der Waals surface area (Å²) in [5.41, 5.74) is 7.65. The van der Waals surface area contributed by atoms with Gasteiger partial charge in [-0.1, -0.05) is 13.8 Å². The first-order valence-corrected chi connectivity index (χ1v) is 6.41. The van der Waals surface area contributed by atoms with Crippen LogP contribution >= 0.6 is 15.9 Å². The van der Waals surface area contributed by atoms with Crippen molar-refractivity contribution in [1.82, 2.24) is 0 Å². The molecule has 1 aromatic carbocycles. The molecule has 0 aliphatic rings. The van der Waals surface area contributed by atoms with E-state index in [-0.39, 0.29) is 6.10 Å². The minimum atomic E-state index is 0.222. The van der Waals surface area contributed by atoms with Crippen molar-refractivity contribution in [2.45, 2.75) is 40.2 Å². The van der Waals surface area contributed by atoms with Crippen molar-refractivity contribution in [1.29, 1.82) is 0 Å². The van der Waals surface area contributed by atoms with Crippen molar-refractivity contribution >= 4 is 21.6 Å². The summed E-state index contributed by atoms with van der Waals surface area (Å²) in [6, 6.07) is 3.88. The van der Waals surface area contributed by atoms with Gasteiger partial charge in [-0.15, -0.1) is 0 Å². The molecule has 1 aromatic rings. The van der Waals surface area contributed by atoms with Crippen LogP contribution in [0.2, 0.25) is 0 Å². The lowest BCUT2D eigenvalue weighted by Gasteiger charge is -2.18. The molecule has 1 unspecified atom stereocenters. The second kappa shape index (κ2) is 5.58. The Labute approximate surface area is 106 Å². The molecule has 16 heavy (non-hydrogen) atoms. The van der Waals surface area contributed by atoms with Gasteiger partial charge in [0.25, 0.3) is 0 Å². The molecule has 0 amide bonds. The number of aryl methyl sites for hydroxylation is 1. The molecule has 0 fully saturated rings. The fourth-order valence-electron chi connectivity index (χ4n) is 1.69. The average molecular weight is 286 g/mol. The van der Waals surface area contributed by atoms with Crippen LogP contribution in [0, 0.1) is 12.8 Å². The number of benzene rings is 1. The van der Waals surface area contributed by atoms with Crippen molar-refractivity contribution in [2.75, 3.05) is 5.73 Å². The van der Waals surface area contributed by atoms with Gasteiger partial charge in [0, 0.05) is 5.69 Å². The number of rotatable bonds is 4. The SMILES string of the molecule is Cc1cc(OC(C)CC(C)C)c(Br)cc1N. The Bertz CT molecular complexity index is 363. The van der Waals surface area contributed by atoms with Crippen LogP contribution in [0.15, 0.2) is 16.6 Å². The van der Waals surface area contributed by atoms with Crippen molar-refractivity contribution in [3.05, 3.63) is 22.2 Å². The highest BCUT2D eigenvalue weighted by atomic mass is 79.9. The number of halogens is 1. The predicted octanol–water partition coefficient (Wildman–Crippen LogP) is 4.15. The number of anilines is 1. The fraction of sp³-hybridized carbons (Fsp3) is 0.538. The molecule has 1 atom stereocenters. The third-order valence-electron chi connectivity index (χ3n) is 2.45. The third kappa shape index (κ3) is 3.71.